The Bertz CT molecular complexity index is 538. The van der Waals surface area contributed by atoms with Crippen LogP contribution in [0, 0.1) is 0 Å². The fourth-order valence-corrected chi connectivity index (χ4v) is 2.56. The highest BCUT2D eigenvalue weighted by molar-refractivity contribution is 6.54. The molecule has 0 atom stereocenters. The van der Waals surface area contributed by atoms with E-state index >= 15 is 0 Å². The molecular weight excluding hydrogens is 271 g/mol. The third-order valence-corrected chi connectivity index (χ3v) is 4.62. The number of hydrogen-bond acceptors (Lipinski definition) is 2. The molecule has 0 radical (unpaired) electrons. The highest BCUT2D eigenvalue weighted by Crippen LogP contribution is 2.39. The molecule has 0 saturated carbocycles. The molecule has 1 aliphatic rings. The van der Waals surface area contributed by atoms with Gasteiger partial charge in [-0.05, 0) is 65.5 Å². The summed E-state index contributed by atoms with van der Waals surface area (Å²) < 4.78 is 12.3. The number of allylic oxidation sites excluding steroid dienone is 1. The SMILES string of the molecule is CC=C=C(CCCc1ccccc1)B1OC(C)(C)C(C)(C)O1. The minimum absolute atomic E-state index is 0.281. The Morgan fingerprint density at radius 2 is 1.68 bits per heavy atom. The van der Waals surface area contributed by atoms with Crippen molar-refractivity contribution in [2.75, 3.05) is 0 Å². The van der Waals surface area contributed by atoms with E-state index in [2.05, 4.69) is 63.8 Å². The molecule has 0 spiro atoms. The summed E-state index contributed by atoms with van der Waals surface area (Å²) in [6.07, 6.45) is 5.03. The summed E-state index contributed by atoms with van der Waals surface area (Å²) in [5.41, 5.74) is 5.22. The summed E-state index contributed by atoms with van der Waals surface area (Å²) >= 11 is 0. The topological polar surface area (TPSA) is 18.5 Å². The van der Waals surface area contributed by atoms with Crippen LogP contribution in [-0.2, 0) is 15.7 Å². The van der Waals surface area contributed by atoms with E-state index in [9.17, 15) is 0 Å². The van der Waals surface area contributed by atoms with Crippen molar-refractivity contribution in [2.45, 2.75) is 65.1 Å². The van der Waals surface area contributed by atoms with Crippen molar-refractivity contribution in [3.63, 3.8) is 0 Å². The van der Waals surface area contributed by atoms with Gasteiger partial charge in [0.05, 0.1) is 11.2 Å². The van der Waals surface area contributed by atoms with E-state index in [0.29, 0.717) is 0 Å². The second-order valence-electron chi connectivity index (χ2n) is 6.89. The van der Waals surface area contributed by atoms with Gasteiger partial charge in [-0.15, -0.1) is 5.73 Å². The number of hydrogen-bond donors (Lipinski definition) is 0. The lowest BCUT2D eigenvalue weighted by molar-refractivity contribution is 0.00578. The van der Waals surface area contributed by atoms with Gasteiger partial charge in [-0.25, -0.2) is 0 Å². The first-order valence-corrected chi connectivity index (χ1v) is 8.15. The van der Waals surface area contributed by atoms with Crippen LogP contribution in [0.5, 0.6) is 0 Å². The minimum Gasteiger partial charge on any atom is -0.399 e. The quantitative estimate of drug-likeness (QED) is 0.577. The summed E-state index contributed by atoms with van der Waals surface area (Å²) in [6.45, 7) is 10.3. The van der Waals surface area contributed by atoms with Gasteiger partial charge in [0.15, 0.2) is 0 Å². The maximum Gasteiger partial charge on any atom is 0.498 e. The Morgan fingerprint density at radius 1 is 1.09 bits per heavy atom. The van der Waals surface area contributed by atoms with E-state index < -0.39 is 0 Å². The van der Waals surface area contributed by atoms with E-state index in [-0.39, 0.29) is 18.3 Å². The zero-order valence-corrected chi connectivity index (χ0v) is 14.5. The zero-order valence-electron chi connectivity index (χ0n) is 14.5. The maximum absolute atomic E-state index is 6.14. The Morgan fingerprint density at radius 3 is 2.23 bits per heavy atom. The van der Waals surface area contributed by atoms with Gasteiger partial charge in [0.2, 0.25) is 0 Å². The third-order valence-electron chi connectivity index (χ3n) is 4.62. The van der Waals surface area contributed by atoms with E-state index in [1.54, 1.807) is 0 Å². The molecule has 2 nitrogen and oxygen atoms in total. The van der Waals surface area contributed by atoms with Gasteiger partial charge < -0.3 is 9.31 Å². The highest BCUT2D eigenvalue weighted by atomic mass is 16.7. The summed E-state index contributed by atoms with van der Waals surface area (Å²) in [6, 6.07) is 10.6. The van der Waals surface area contributed by atoms with E-state index in [1.165, 1.54) is 5.56 Å². The fourth-order valence-electron chi connectivity index (χ4n) is 2.56. The summed E-state index contributed by atoms with van der Waals surface area (Å²) in [5, 5.41) is 0. The molecule has 1 aromatic carbocycles. The van der Waals surface area contributed by atoms with Gasteiger partial charge in [0.1, 0.15) is 0 Å². The third kappa shape index (κ3) is 3.92. The summed E-state index contributed by atoms with van der Waals surface area (Å²) in [4.78, 5) is 0. The van der Waals surface area contributed by atoms with Gasteiger partial charge in [0.25, 0.3) is 0 Å². The van der Waals surface area contributed by atoms with Crippen LogP contribution in [0.1, 0.15) is 53.0 Å². The summed E-state index contributed by atoms with van der Waals surface area (Å²) in [7, 11) is -0.281. The first-order valence-electron chi connectivity index (χ1n) is 8.15. The van der Waals surface area contributed by atoms with Crippen molar-refractivity contribution >= 4 is 7.12 Å². The second-order valence-corrected chi connectivity index (χ2v) is 6.89. The molecule has 0 bridgehead atoms. The van der Waals surface area contributed by atoms with Crippen molar-refractivity contribution < 1.29 is 9.31 Å². The molecule has 0 aromatic heterocycles. The average molecular weight is 298 g/mol. The standard InChI is InChI=1S/C19H27BO2/c1-6-11-17(15-10-14-16-12-8-7-9-13-16)20-21-18(2,3)19(4,5)22-20/h6-9,12-13H,10,14-15H2,1-5H3. The van der Waals surface area contributed by atoms with Gasteiger partial charge in [0, 0.05) is 5.47 Å². The molecular formula is C19H27BO2. The lowest BCUT2D eigenvalue weighted by Gasteiger charge is -2.32. The van der Waals surface area contributed by atoms with Gasteiger partial charge in [-0.2, -0.15) is 0 Å². The van der Waals surface area contributed by atoms with E-state index in [4.69, 9.17) is 9.31 Å². The lowest BCUT2D eigenvalue weighted by atomic mass is 9.75. The van der Waals surface area contributed by atoms with Crippen molar-refractivity contribution in [1.82, 2.24) is 0 Å². The van der Waals surface area contributed by atoms with Crippen LogP contribution < -0.4 is 0 Å². The normalized spacial score (nSPS) is 18.9. The second kappa shape index (κ2) is 6.87. The van der Waals surface area contributed by atoms with Crippen LogP contribution in [-0.4, -0.2) is 18.3 Å². The van der Waals surface area contributed by atoms with Crippen molar-refractivity contribution in [3.05, 3.63) is 53.2 Å². The van der Waals surface area contributed by atoms with Crippen molar-refractivity contribution in [1.29, 1.82) is 0 Å². The molecule has 0 amide bonds. The molecule has 1 fully saturated rings. The number of rotatable bonds is 5. The molecule has 0 unspecified atom stereocenters. The zero-order chi connectivity index (χ0) is 16.2. The number of benzene rings is 1. The molecule has 1 heterocycles. The predicted molar refractivity (Wildman–Crippen MR) is 92.7 cm³/mol. The van der Waals surface area contributed by atoms with Crippen LogP contribution >= 0.6 is 0 Å². The van der Waals surface area contributed by atoms with Crippen LogP contribution in [0.3, 0.4) is 0 Å². The molecule has 1 aromatic rings. The van der Waals surface area contributed by atoms with Gasteiger partial charge >= 0.3 is 7.12 Å². The lowest BCUT2D eigenvalue weighted by Crippen LogP contribution is -2.41. The van der Waals surface area contributed by atoms with Crippen molar-refractivity contribution in [3.8, 4) is 0 Å². The molecule has 2 rings (SSSR count). The Labute approximate surface area is 135 Å². The monoisotopic (exact) mass is 298 g/mol. The molecule has 0 N–H and O–H groups in total. The van der Waals surface area contributed by atoms with Gasteiger partial charge in [-0.1, -0.05) is 30.3 Å². The Hall–Kier alpha value is -1.28. The fraction of sp³-hybridized carbons (Fsp3) is 0.526. The smallest absolute Gasteiger partial charge is 0.399 e. The van der Waals surface area contributed by atoms with Crippen molar-refractivity contribution in [2.24, 2.45) is 0 Å². The van der Waals surface area contributed by atoms with Crippen LogP contribution in [0.25, 0.3) is 0 Å². The number of aryl methyl sites for hydroxylation is 1. The first kappa shape index (κ1) is 17.1. The molecule has 22 heavy (non-hydrogen) atoms. The van der Waals surface area contributed by atoms with E-state index in [1.807, 2.05) is 13.0 Å². The molecule has 1 saturated heterocycles. The highest BCUT2D eigenvalue weighted by Gasteiger charge is 2.52. The Kier molecular flexibility index (Phi) is 5.34. The van der Waals surface area contributed by atoms with E-state index in [0.717, 1.165) is 24.7 Å². The average Bonchev–Trinajstić information content (AvgIpc) is 2.67. The largest absolute Gasteiger partial charge is 0.498 e. The van der Waals surface area contributed by atoms with Crippen LogP contribution in [0.2, 0.25) is 0 Å². The first-order chi connectivity index (χ1) is 10.4. The molecule has 118 valence electrons. The maximum atomic E-state index is 6.14. The summed E-state index contributed by atoms with van der Waals surface area (Å²) in [5.74, 6) is 0. The predicted octanol–water partition coefficient (Wildman–Crippen LogP) is 4.74. The molecule has 1 aliphatic heterocycles. The minimum atomic E-state index is -0.294. The van der Waals surface area contributed by atoms with Crippen LogP contribution in [0.4, 0.5) is 0 Å². The molecule has 3 heteroatoms. The molecule has 0 aliphatic carbocycles. The van der Waals surface area contributed by atoms with Crippen LogP contribution in [0.15, 0.2) is 47.6 Å². The Balaban J connectivity index is 1.99. The van der Waals surface area contributed by atoms with Gasteiger partial charge in [-0.3, -0.25) is 0 Å².